The Morgan fingerprint density at radius 3 is 2.57 bits per heavy atom. The SMILES string of the molecule is Cc1cc(C)nc(-c2cccc3c2O[C@H](CNC(=O)[C@@H](C)n2nc(C)cc2C)C3)n1. The average Bonchev–Trinajstić information content (AvgIpc) is 3.26. The fourth-order valence-corrected chi connectivity index (χ4v) is 3.99. The van der Waals surface area contributed by atoms with Crippen LogP contribution in [0.1, 0.15) is 41.3 Å². The number of hydrogen-bond donors (Lipinski definition) is 1. The molecule has 0 fully saturated rings. The number of ether oxygens (including phenoxy) is 1. The summed E-state index contributed by atoms with van der Waals surface area (Å²) in [5, 5.41) is 7.43. The standard InChI is InChI=1S/C23H27N5O2/c1-13-9-14(2)26-22(25-13)20-8-6-7-18-11-19(30-21(18)20)12-24-23(29)17(5)28-16(4)10-15(3)27-28/h6-10,17,19H,11-12H2,1-5H3,(H,24,29)/t17-,19+/m1/s1. The first-order valence-corrected chi connectivity index (χ1v) is 10.2. The maximum atomic E-state index is 12.7. The topological polar surface area (TPSA) is 81.9 Å². The van der Waals surface area contributed by atoms with Crippen molar-refractivity contribution in [3.63, 3.8) is 0 Å². The van der Waals surface area contributed by atoms with Crippen molar-refractivity contribution >= 4 is 5.91 Å². The summed E-state index contributed by atoms with van der Waals surface area (Å²) in [5.74, 6) is 1.42. The number of aryl methyl sites for hydroxylation is 4. The summed E-state index contributed by atoms with van der Waals surface area (Å²) in [5.41, 5.74) is 5.73. The van der Waals surface area contributed by atoms with Crippen molar-refractivity contribution in [3.8, 4) is 17.1 Å². The number of aromatic nitrogens is 4. The van der Waals surface area contributed by atoms with Crippen LogP contribution in [0.3, 0.4) is 0 Å². The summed E-state index contributed by atoms with van der Waals surface area (Å²) in [4.78, 5) is 21.8. The Kier molecular flexibility index (Phi) is 5.28. The van der Waals surface area contributed by atoms with E-state index in [4.69, 9.17) is 4.74 Å². The van der Waals surface area contributed by atoms with Gasteiger partial charge in [-0.3, -0.25) is 9.48 Å². The van der Waals surface area contributed by atoms with Gasteiger partial charge in [0.1, 0.15) is 17.9 Å². The molecule has 30 heavy (non-hydrogen) atoms. The van der Waals surface area contributed by atoms with Gasteiger partial charge >= 0.3 is 0 Å². The number of amides is 1. The number of nitrogens with zero attached hydrogens (tertiary/aromatic N) is 4. The molecule has 156 valence electrons. The molecule has 0 unspecified atom stereocenters. The van der Waals surface area contributed by atoms with E-state index in [2.05, 4.69) is 26.4 Å². The predicted molar refractivity (Wildman–Crippen MR) is 114 cm³/mol. The Bertz CT molecular complexity index is 1080. The second kappa shape index (κ2) is 7.89. The lowest BCUT2D eigenvalue weighted by molar-refractivity contribution is -0.124. The van der Waals surface area contributed by atoms with Crippen molar-refractivity contribution in [3.05, 3.63) is 58.7 Å². The lowest BCUT2D eigenvalue weighted by Gasteiger charge is -2.17. The lowest BCUT2D eigenvalue weighted by atomic mass is 10.1. The van der Waals surface area contributed by atoms with Gasteiger partial charge in [-0.25, -0.2) is 9.97 Å². The Morgan fingerprint density at radius 1 is 1.17 bits per heavy atom. The first kappa shape index (κ1) is 20.1. The smallest absolute Gasteiger partial charge is 0.244 e. The van der Waals surface area contributed by atoms with Crippen LogP contribution in [-0.4, -0.2) is 38.3 Å². The highest BCUT2D eigenvalue weighted by Gasteiger charge is 2.28. The van der Waals surface area contributed by atoms with Crippen molar-refractivity contribution in [1.29, 1.82) is 0 Å². The minimum absolute atomic E-state index is 0.0707. The van der Waals surface area contributed by atoms with Gasteiger partial charge in [-0.15, -0.1) is 0 Å². The van der Waals surface area contributed by atoms with Gasteiger partial charge in [0.2, 0.25) is 5.91 Å². The largest absolute Gasteiger partial charge is 0.487 e. The maximum absolute atomic E-state index is 12.7. The van der Waals surface area contributed by atoms with Gasteiger partial charge in [0, 0.05) is 23.5 Å². The highest BCUT2D eigenvalue weighted by molar-refractivity contribution is 5.80. The summed E-state index contributed by atoms with van der Waals surface area (Å²) in [6, 6.07) is 9.60. The Balaban J connectivity index is 1.45. The second-order valence-corrected chi connectivity index (χ2v) is 8.00. The van der Waals surface area contributed by atoms with Gasteiger partial charge in [0.25, 0.3) is 0 Å². The van der Waals surface area contributed by atoms with Crippen LogP contribution in [-0.2, 0) is 11.2 Å². The molecule has 1 amide bonds. The quantitative estimate of drug-likeness (QED) is 0.705. The first-order chi connectivity index (χ1) is 14.3. The third kappa shape index (κ3) is 3.92. The van der Waals surface area contributed by atoms with Gasteiger partial charge in [-0.1, -0.05) is 12.1 Å². The zero-order valence-corrected chi connectivity index (χ0v) is 18.1. The molecule has 0 saturated heterocycles. The molecule has 7 heteroatoms. The van der Waals surface area contributed by atoms with Crippen LogP contribution < -0.4 is 10.1 Å². The minimum atomic E-state index is -0.373. The summed E-state index contributed by atoms with van der Waals surface area (Å²) >= 11 is 0. The highest BCUT2D eigenvalue weighted by Crippen LogP contribution is 2.37. The van der Waals surface area contributed by atoms with Crippen LogP contribution in [0.2, 0.25) is 0 Å². The summed E-state index contributed by atoms with van der Waals surface area (Å²) in [6.45, 7) is 10.1. The third-order valence-electron chi connectivity index (χ3n) is 5.35. The van der Waals surface area contributed by atoms with Gasteiger partial charge in [0.15, 0.2) is 5.82 Å². The molecular formula is C23H27N5O2. The number of rotatable bonds is 5. The number of benzene rings is 1. The first-order valence-electron chi connectivity index (χ1n) is 10.2. The van der Waals surface area contributed by atoms with E-state index in [0.717, 1.165) is 46.1 Å². The molecule has 2 aromatic heterocycles. The molecule has 1 aliphatic rings. The molecule has 7 nitrogen and oxygen atoms in total. The molecule has 4 rings (SSSR count). The van der Waals surface area contributed by atoms with E-state index in [1.54, 1.807) is 4.68 Å². The molecule has 0 saturated carbocycles. The molecule has 0 radical (unpaired) electrons. The van der Waals surface area contributed by atoms with Gasteiger partial charge in [0.05, 0.1) is 17.8 Å². The van der Waals surface area contributed by atoms with Crippen molar-refractivity contribution in [1.82, 2.24) is 25.1 Å². The van der Waals surface area contributed by atoms with Crippen LogP contribution in [0.25, 0.3) is 11.4 Å². The fraction of sp³-hybridized carbons (Fsp3) is 0.391. The van der Waals surface area contributed by atoms with E-state index in [9.17, 15) is 4.79 Å². The molecule has 3 heterocycles. The molecular weight excluding hydrogens is 378 g/mol. The lowest BCUT2D eigenvalue weighted by Crippen LogP contribution is -2.38. The summed E-state index contributed by atoms with van der Waals surface area (Å²) in [7, 11) is 0. The number of nitrogens with one attached hydrogen (secondary N) is 1. The van der Waals surface area contributed by atoms with E-state index >= 15 is 0 Å². The normalized spacial score (nSPS) is 16.1. The fourth-order valence-electron chi connectivity index (χ4n) is 3.99. The molecule has 0 bridgehead atoms. The van der Waals surface area contributed by atoms with E-state index in [-0.39, 0.29) is 18.1 Å². The van der Waals surface area contributed by atoms with E-state index in [1.165, 1.54) is 0 Å². The van der Waals surface area contributed by atoms with Crippen molar-refractivity contribution < 1.29 is 9.53 Å². The molecule has 1 aromatic carbocycles. The van der Waals surface area contributed by atoms with E-state index in [1.807, 2.05) is 58.9 Å². The molecule has 1 aliphatic heterocycles. The number of hydrogen-bond acceptors (Lipinski definition) is 5. The number of carbonyl (C=O) groups is 1. The zero-order valence-electron chi connectivity index (χ0n) is 18.1. The molecule has 1 N–H and O–H groups in total. The molecule has 0 aliphatic carbocycles. The van der Waals surface area contributed by atoms with Gasteiger partial charge in [-0.2, -0.15) is 5.10 Å². The Morgan fingerprint density at radius 2 is 1.90 bits per heavy atom. The molecule has 2 atom stereocenters. The van der Waals surface area contributed by atoms with E-state index < -0.39 is 0 Å². The second-order valence-electron chi connectivity index (χ2n) is 8.00. The monoisotopic (exact) mass is 405 g/mol. The van der Waals surface area contributed by atoms with E-state index in [0.29, 0.717) is 12.4 Å². The molecule has 0 spiro atoms. The van der Waals surface area contributed by atoms with Crippen LogP contribution in [0.5, 0.6) is 5.75 Å². The van der Waals surface area contributed by atoms with Crippen molar-refractivity contribution in [2.24, 2.45) is 0 Å². The minimum Gasteiger partial charge on any atom is -0.487 e. The summed E-state index contributed by atoms with van der Waals surface area (Å²) < 4.78 is 7.97. The van der Waals surface area contributed by atoms with Crippen LogP contribution in [0.4, 0.5) is 0 Å². The third-order valence-corrected chi connectivity index (χ3v) is 5.35. The maximum Gasteiger partial charge on any atom is 0.244 e. The van der Waals surface area contributed by atoms with Gasteiger partial charge in [-0.05, 0) is 58.4 Å². The van der Waals surface area contributed by atoms with Crippen molar-refractivity contribution in [2.75, 3.05) is 6.54 Å². The predicted octanol–water partition coefficient (Wildman–Crippen LogP) is 3.25. The highest BCUT2D eigenvalue weighted by atomic mass is 16.5. The number of para-hydroxylation sites is 1. The van der Waals surface area contributed by atoms with Crippen LogP contribution in [0, 0.1) is 27.7 Å². The van der Waals surface area contributed by atoms with Crippen LogP contribution in [0.15, 0.2) is 30.3 Å². The van der Waals surface area contributed by atoms with Crippen LogP contribution >= 0.6 is 0 Å². The number of fused-ring (bicyclic) bond motifs is 1. The Hall–Kier alpha value is -3.22. The Labute approximate surface area is 176 Å². The number of carbonyl (C=O) groups excluding carboxylic acids is 1. The average molecular weight is 406 g/mol. The van der Waals surface area contributed by atoms with Crippen molar-refractivity contribution in [2.45, 2.75) is 53.2 Å². The van der Waals surface area contributed by atoms with Gasteiger partial charge < -0.3 is 10.1 Å². The zero-order chi connectivity index (χ0) is 21.4. The summed E-state index contributed by atoms with van der Waals surface area (Å²) in [6.07, 6.45) is 0.617. The molecule has 3 aromatic rings.